The minimum Gasteiger partial charge on any atom is -0.479 e. The first kappa shape index (κ1) is 16.9. The Hall–Kier alpha value is -3.50. The summed E-state index contributed by atoms with van der Waals surface area (Å²) in [4.78, 5) is 0. The van der Waals surface area contributed by atoms with Crippen LogP contribution in [0.5, 0.6) is 11.5 Å². The fourth-order valence-corrected chi connectivity index (χ4v) is 1.74. The van der Waals surface area contributed by atoms with Gasteiger partial charge in [-0.05, 0) is 36.4 Å². The summed E-state index contributed by atoms with van der Waals surface area (Å²) in [6.45, 7) is 0.532. The first-order valence-corrected chi connectivity index (χ1v) is 7.34. The van der Waals surface area contributed by atoms with E-state index in [0.29, 0.717) is 22.9 Å². The Morgan fingerprint density at radius 2 is 1.12 bits per heavy atom. The highest BCUT2D eigenvalue weighted by Gasteiger charge is 1.96. The molecule has 0 saturated heterocycles. The van der Waals surface area contributed by atoms with Gasteiger partial charge in [0, 0.05) is 0 Å². The highest BCUT2D eigenvalue weighted by atomic mass is 16.5. The number of allylic oxidation sites excluding steroid dienone is 2. The lowest BCUT2D eigenvalue weighted by Gasteiger charge is -2.03. The molecule has 0 saturated carbocycles. The first-order chi connectivity index (χ1) is 11.8. The zero-order valence-electron chi connectivity index (χ0n) is 13.2. The third kappa shape index (κ3) is 5.71. The van der Waals surface area contributed by atoms with Crippen LogP contribution in [0.3, 0.4) is 0 Å². The van der Waals surface area contributed by atoms with Gasteiger partial charge in [-0.1, -0.05) is 47.9 Å². The average molecular weight is 318 g/mol. The molecule has 0 heterocycles. The van der Waals surface area contributed by atoms with Crippen LogP contribution in [0.4, 0.5) is 11.4 Å². The molecule has 0 fully saturated rings. The van der Waals surface area contributed by atoms with Gasteiger partial charge in [0.1, 0.15) is 24.7 Å². The molecule has 4 N–H and O–H groups in total. The van der Waals surface area contributed by atoms with Crippen LogP contribution >= 0.6 is 0 Å². The molecule has 0 bridgehead atoms. The number of nitrogens with two attached hydrogens (primary N) is 2. The average Bonchev–Trinajstić information content (AvgIpc) is 2.59. The van der Waals surface area contributed by atoms with Crippen LogP contribution in [-0.2, 0) is 0 Å². The maximum atomic E-state index is 5.76. The van der Waals surface area contributed by atoms with Crippen molar-refractivity contribution in [3.63, 3.8) is 0 Å². The summed E-state index contributed by atoms with van der Waals surface area (Å²) in [5.74, 6) is 12.6. The molecule has 0 aliphatic rings. The second-order valence-electron chi connectivity index (χ2n) is 4.63. The Morgan fingerprint density at radius 3 is 1.54 bits per heavy atom. The van der Waals surface area contributed by atoms with E-state index in [4.69, 9.17) is 20.9 Å². The summed E-state index contributed by atoms with van der Waals surface area (Å²) in [7, 11) is 0. The molecular formula is C20H18N2O2. The summed E-state index contributed by atoms with van der Waals surface area (Å²) in [6, 6.07) is 14.6. The molecule has 0 aliphatic carbocycles. The zero-order valence-corrected chi connectivity index (χ0v) is 13.2. The van der Waals surface area contributed by atoms with Gasteiger partial charge in [0.2, 0.25) is 0 Å². The number of anilines is 2. The van der Waals surface area contributed by atoms with Crippen molar-refractivity contribution in [2.75, 3.05) is 24.7 Å². The van der Waals surface area contributed by atoms with E-state index in [2.05, 4.69) is 23.7 Å². The molecule has 24 heavy (non-hydrogen) atoms. The van der Waals surface area contributed by atoms with Gasteiger partial charge in [0.15, 0.2) is 0 Å². The standard InChI is InChI=1S/C20H18N2O2/c21-17-11-5-7-13-19(17)23-15-9-3-1-2-4-10-16-24-20-14-8-6-12-18(20)22/h1-2,5-8,11-14H,15-16,21-22H2. The van der Waals surface area contributed by atoms with E-state index in [1.54, 1.807) is 36.4 Å². The van der Waals surface area contributed by atoms with Gasteiger partial charge in [0.25, 0.3) is 0 Å². The Bertz CT molecular complexity index is 751. The van der Waals surface area contributed by atoms with Crippen LogP contribution in [0.2, 0.25) is 0 Å². The molecule has 0 radical (unpaired) electrons. The predicted octanol–water partition coefficient (Wildman–Crippen LogP) is 2.87. The summed E-state index contributed by atoms with van der Waals surface area (Å²) in [5.41, 5.74) is 12.7. The van der Waals surface area contributed by atoms with E-state index in [1.807, 2.05) is 24.3 Å². The molecule has 0 atom stereocenters. The van der Waals surface area contributed by atoms with E-state index in [-0.39, 0.29) is 13.2 Å². The summed E-state index contributed by atoms with van der Waals surface area (Å²) < 4.78 is 10.9. The molecule has 0 aliphatic heterocycles. The molecular weight excluding hydrogens is 300 g/mol. The van der Waals surface area contributed by atoms with Crippen molar-refractivity contribution < 1.29 is 9.47 Å². The fraction of sp³-hybridized carbons (Fsp3) is 0.100. The van der Waals surface area contributed by atoms with Crippen molar-refractivity contribution in [2.24, 2.45) is 0 Å². The van der Waals surface area contributed by atoms with Crippen molar-refractivity contribution >= 4 is 11.4 Å². The minimum absolute atomic E-state index is 0.266. The van der Waals surface area contributed by atoms with Gasteiger partial charge >= 0.3 is 0 Å². The Kier molecular flexibility index (Phi) is 6.68. The van der Waals surface area contributed by atoms with Crippen LogP contribution in [-0.4, -0.2) is 13.2 Å². The Balaban J connectivity index is 1.69. The number of para-hydroxylation sites is 4. The molecule has 0 unspecified atom stereocenters. The van der Waals surface area contributed by atoms with Crippen LogP contribution in [0.15, 0.2) is 60.7 Å². The van der Waals surface area contributed by atoms with Crippen LogP contribution < -0.4 is 20.9 Å². The van der Waals surface area contributed by atoms with E-state index in [9.17, 15) is 0 Å². The summed E-state index contributed by atoms with van der Waals surface area (Å²) >= 11 is 0. The number of hydrogen-bond donors (Lipinski definition) is 2. The molecule has 2 aromatic rings. The molecule has 120 valence electrons. The molecule has 2 rings (SSSR count). The van der Waals surface area contributed by atoms with Crippen molar-refractivity contribution in [3.8, 4) is 35.2 Å². The molecule has 0 amide bonds. The van der Waals surface area contributed by atoms with Gasteiger partial charge < -0.3 is 20.9 Å². The first-order valence-electron chi connectivity index (χ1n) is 7.34. The maximum absolute atomic E-state index is 5.76. The van der Waals surface area contributed by atoms with Gasteiger partial charge in [-0.2, -0.15) is 0 Å². The van der Waals surface area contributed by atoms with Crippen LogP contribution in [0.25, 0.3) is 0 Å². The smallest absolute Gasteiger partial charge is 0.149 e. The third-order valence-electron chi connectivity index (χ3n) is 2.89. The molecule has 2 aromatic carbocycles. The van der Waals surface area contributed by atoms with E-state index < -0.39 is 0 Å². The molecule has 4 heteroatoms. The predicted molar refractivity (Wildman–Crippen MR) is 97.4 cm³/mol. The van der Waals surface area contributed by atoms with Crippen molar-refractivity contribution in [2.45, 2.75) is 0 Å². The number of hydrogen-bond acceptors (Lipinski definition) is 4. The summed E-state index contributed by atoms with van der Waals surface area (Å²) in [5, 5.41) is 0. The third-order valence-corrected chi connectivity index (χ3v) is 2.89. The zero-order chi connectivity index (χ0) is 17.0. The Morgan fingerprint density at radius 1 is 0.708 bits per heavy atom. The highest BCUT2D eigenvalue weighted by Crippen LogP contribution is 2.19. The van der Waals surface area contributed by atoms with Gasteiger partial charge in [0.05, 0.1) is 11.4 Å². The lowest BCUT2D eigenvalue weighted by molar-refractivity contribution is 0.372. The van der Waals surface area contributed by atoms with Gasteiger partial charge in [-0.15, -0.1) is 0 Å². The number of benzene rings is 2. The second kappa shape index (κ2) is 9.50. The van der Waals surface area contributed by atoms with Gasteiger partial charge in [-0.3, -0.25) is 0 Å². The van der Waals surface area contributed by atoms with E-state index in [1.165, 1.54) is 0 Å². The monoisotopic (exact) mass is 318 g/mol. The van der Waals surface area contributed by atoms with Gasteiger partial charge in [-0.25, -0.2) is 0 Å². The van der Waals surface area contributed by atoms with E-state index >= 15 is 0 Å². The topological polar surface area (TPSA) is 70.5 Å². The SMILES string of the molecule is Nc1ccccc1OCC#CC=CC#CCOc1ccccc1N. The van der Waals surface area contributed by atoms with Crippen LogP contribution in [0, 0.1) is 23.7 Å². The fourth-order valence-electron chi connectivity index (χ4n) is 1.74. The van der Waals surface area contributed by atoms with Crippen molar-refractivity contribution in [1.82, 2.24) is 0 Å². The summed E-state index contributed by atoms with van der Waals surface area (Å²) in [6.07, 6.45) is 3.31. The molecule has 4 nitrogen and oxygen atoms in total. The van der Waals surface area contributed by atoms with Crippen molar-refractivity contribution in [1.29, 1.82) is 0 Å². The molecule has 0 spiro atoms. The minimum atomic E-state index is 0.266. The highest BCUT2D eigenvalue weighted by molar-refractivity contribution is 5.52. The van der Waals surface area contributed by atoms with E-state index in [0.717, 1.165) is 0 Å². The second-order valence-corrected chi connectivity index (χ2v) is 4.63. The normalized spacial score (nSPS) is 9.50. The number of ether oxygens (including phenoxy) is 2. The quantitative estimate of drug-likeness (QED) is 0.672. The largest absolute Gasteiger partial charge is 0.479 e. The Labute approximate surface area is 142 Å². The van der Waals surface area contributed by atoms with Crippen LogP contribution in [0.1, 0.15) is 0 Å². The lowest BCUT2D eigenvalue weighted by Crippen LogP contribution is -1.97. The number of rotatable bonds is 4. The lowest BCUT2D eigenvalue weighted by atomic mass is 10.3. The maximum Gasteiger partial charge on any atom is 0.149 e. The number of nitrogen functional groups attached to an aromatic ring is 2. The molecule has 0 aromatic heterocycles. The van der Waals surface area contributed by atoms with Crippen molar-refractivity contribution in [3.05, 3.63) is 60.7 Å².